The Labute approximate surface area is 189 Å². The van der Waals surface area contributed by atoms with E-state index in [4.69, 9.17) is 14.2 Å². The minimum Gasteiger partial charge on any atom is -0.497 e. The molecule has 0 aliphatic carbocycles. The first-order valence-corrected chi connectivity index (χ1v) is 13.2. The second-order valence-corrected chi connectivity index (χ2v) is 11.8. The summed E-state index contributed by atoms with van der Waals surface area (Å²) in [5.74, 6) is 1.34. The van der Waals surface area contributed by atoms with Crippen molar-refractivity contribution in [2.75, 3.05) is 26.4 Å². The van der Waals surface area contributed by atoms with Crippen LogP contribution in [0.25, 0.3) is 16.2 Å². The van der Waals surface area contributed by atoms with E-state index in [9.17, 15) is 21.6 Å². The van der Waals surface area contributed by atoms with Crippen molar-refractivity contribution >= 4 is 47.2 Å². The van der Waals surface area contributed by atoms with Gasteiger partial charge in [-0.3, -0.25) is 4.79 Å². The van der Waals surface area contributed by atoms with E-state index in [1.165, 1.54) is 27.4 Å². The zero-order valence-corrected chi connectivity index (χ0v) is 19.8. The molecule has 0 amide bonds. The molecule has 11 heteroatoms. The van der Waals surface area contributed by atoms with E-state index in [1.807, 2.05) is 0 Å². The average Bonchev–Trinajstić information content (AvgIpc) is 2.75. The Morgan fingerprint density at radius 2 is 1.53 bits per heavy atom. The summed E-state index contributed by atoms with van der Waals surface area (Å²) in [6.45, 7) is 0. The van der Waals surface area contributed by atoms with Gasteiger partial charge < -0.3 is 14.2 Å². The van der Waals surface area contributed by atoms with Gasteiger partial charge in [0.05, 0.1) is 21.3 Å². The molecular weight excluding hydrogens is 476 g/mol. The first kappa shape index (κ1) is 23.8. The van der Waals surface area contributed by atoms with E-state index in [-0.39, 0.29) is 0 Å². The van der Waals surface area contributed by atoms with Gasteiger partial charge in [0.1, 0.15) is 22.1 Å². The maximum atomic E-state index is 12.8. The van der Waals surface area contributed by atoms with Crippen molar-refractivity contribution in [2.45, 2.75) is 4.90 Å². The van der Waals surface area contributed by atoms with E-state index >= 15 is 0 Å². The summed E-state index contributed by atoms with van der Waals surface area (Å²) in [5.41, 5.74) is 0.544. The van der Waals surface area contributed by atoms with Gasteiger partial charge >= 0.3 is 0 Å². The third-order valence-corrected chi connectivity index (χ3v) is 9.62. The molecule has 2 aromatic carbocycles. The van der Waals surface area contributed by atoms with Crippen LogP contribution in [0.3, 0.4) is 0 Å². The third-order valence-electron chi connectivity index (χ3n) is 4.45. The van der Waals surface area contributed by atoms with E-state index < -0.39 is 34.4 Å². The van der Waals surface area contributed by atoms with Gasteiger partial charge in [0, 0.05) is 21.6 Å². The molecule has 0 unspecified atom stereocenters. The molecule has 1 heterocycles. The molecule has 0 atom stereocenters. The van der Waals surface area contributed by atoms with Gasteiger partial charge in [0.15, 0.2) is 24.8 Å². The van der Waals surface area contributed by atoms with Crippen molar-refractivity contribution in [1.82, 2.24) is 0 Å². The highest BCUT2D eigenvalue weighted by Crippen LogP contribution is 2.33. The van der Waals surface area contributed by atoms with Crippen LogP contribution in [-0.4, -0.2) is 43.2 Å². The summed E-state index contributed by atoms with van der Waals surface area (Å²) in [6.07, 6.45) is 1.28. The number of methoxy groups -OCH3 is 3. The van der Waals surface area contributed by atoms with Crippen LogP contribution in [0.2, 0.25) is 0 Å². The zero-order valence-electron chi connectivity index (χ0n) is 17.4. The number of fused-ring (bicyclic) bond motifs is 1. The van der Waals surface area contributed by atoms with Crippen LogP contribution in [0.5, 0.6) is 17.2 Å². The fourth-order valence-electron chi connectivity index (χ4n) is 2.86. The number of sulfone groups is 2. The van der Waals surface area contributed by atoms with Crippen molar-refractivity contribution in [1.29, 1.82) is 0 Å². The van der Waals surface area contributed by atoms with Crippen LogP contribution in [0.1, 0.15) is 5.56 Å². The fourth-order valence-corrected chi connectivity index (χ4v) is 7.64. The first-order valence-electron chi connectivity index (χ1n) is 9.06. The lowest BCUT2D eigenvalue weighted by Gasteiger charge is -2.09. The van der Waals surface area contributed by atoms with Crippen molar-refractivity contribution in [3.8, 4) is 17.2 Å². The summed E-state index contributed by atoms with van der Waals surface area (Å²) in [4.78, 5) is 11.9. The molecule has 0 fully saturated rings. The minimum atomic E-state index is -4.44. The number of benzene rings is 2. The number of hydrogen-bond donors (Lipinski definition) is 0. The van der Waals surface area contributed by atoms with Crippen molar-refractivity contribution in [3.05, 3.63) is 63.0 Å². The molecule has 0 saturated heterocycles. The Kier molecular flexibility index (Phi) is 6.91. The third kappa shape index (κ3) is 5.29. The van der Waals surface area contributed by atoms with Crippen LogP contribution in [0, 0.1) is 0 Å². The van der Waals surface area contributed by atoms with Gasteiger partial charge in [-0.2, -0.15) is 0 Å². The summed E-state index contributed by atoms with van der Waals surface area (Å²) in [6, 6.07) is 10.8. The molecule has 170 valence electrons. The maximum absolute atomic E-state index is 12.8. The molecule has 8 nitrogen and oxygen atoms in total. The highest BCUT2D eigenvalue weighted by Gasteiger charge is 2.26. The summed E-state index contributed by atoms with van der Waals surface area (Å²) in [7, 11) is -4.28. The van der Waals surface area contributed by atoms with Crippen LogP contribution >= 0.6 is 11.3 Å². The number of rotatable bonds is 8. The zero-order chi connectivity index (χ0) is 23.5. The highest BCUT2D eigenvalue weighted by molar-refractivity contribution is 8.09. The quantitative estimate of drug-likeness (QED) is 0.468. The highest BCUT2D eigenvalue weighted by atomic mass is 32.3. The standard InChI is InChI=1S/C21H20O8S3/c1-27-15-6-4-14(5-7-15)8-9-31(23,24)13-32(25,26)20-12-17-18(29-3)10-16(28-2)11-19(17)30-21(20)22/h4-12H,13H2,1-3H3/b9-8+. The molecule has 0 spiro atoms. The molecule has 0 saturated carbocycles. The summed E-state index contributed by atoms with van der Waals surface area (Å²) in [5, 5.41) is -0.0617. The Morgan fingerprint density at radius 3 is 2.12 bits per heavy atom. The predicted octanol–water partition coefficient (Wildman–Crippen LogP) is 3.10. The first-order chi connectivity index (χ1) is 15.1. The van der Waals surface area contributed by atoms with Gasteiger partial charge in [0.25, 0.3) is 4.74 Å². The Morgan fingerprint density at radius 1 is 0.875 bits per heavy atom. The van der Waals surface area contributed by atoms with Crippen molar-refractivity contribution in [2.24, 2.45) is 0 Å². The van der Waals surface area contributed by atoms with Crippen LogP contribution in [0.15, 0.2) is 57.6 Å². The molecule has 0 radical (unpaired) electrons. The van der Waals surface area contributed by atoms with Crippen LogP contribution in [-0.2, 0) is 19.7 Å². The Balaban J connectivity index is 1.96. The molecule has 0 aliphatic heterocycles. The molecule has 1 aromatic heterocycles. The second kappa shape index (κ2) is 9.31. The van der Waals surface area contributed by atoms with Gasteiger partial charge in [-0.25, -0.2) is 16.8 Å². The molecule has 3 rings (SSSR count). The Hall–Kier alpha value is -2.89. The lowest BCUT2D eigenvalue weighted by molar-refractivity contribution is 0.398. The SMILES string of the molecule is COc1ccc(/C=C/S(=O)(=O)CS(=O)(=O)c2cc3c(OC)cc(OC)cc3sc2=O)cc1. The van der Waals surface area contributed by atoms with Gasteiger partial charge in [-0.15, -0.1) is 0 Å². The molecule has 3 aromatic rings. The van der Waals surface area contributed by atoms with Crippen LogP contribution < -0.4 is 19.0 Å². The topological polar surface area (TPSA) is 113 Å². The average molecular weight is 497 g/mol. The summed E-state index contributed by atoms with van der Waals surface area (Å²) < 4.78 is 65.8. The van der Waals surface area contributed by atoms with E-state index in [2.05, 4.69) is 0 Å². The normalized spacial score (nSPS) is 12.2. The van der Waals surface area contributed by atoms with Gasteiger partial charge in [0.2, 0.25) is 0 Å². The Bertz CT molecular complexity index is 1430. The molecule has 32 heavy (non-hydrogen) atoms. The fraction of sp³-hybridized carbons (Fsp3) is 0.190. The van der Waals surface area contributed by atoms with E-state index in [0.29, 0.717) is 44.2 Å². The van der Waals surface area contributed by atoms with E-state index in [0.717, 1.165) is 11.5 Å². The molecule has 0 N–H and O–H groups in total. The van der Waals surface area contributed by atoms with Crippen molar-refractivity contribution in [3.63, 3.8) is 0 Å². The number of ether oxygens (including phenoxy) is 3. The van der Waals surface area contributed by atoms with E-state index in [1.54, 1.807) is 36.4 Å². The minimum absolute atomic E-state index is 0.300. The van der Waals surface area contributed by atoms with Crippen molar-refractivity contribution < 1.29 is 31.0 Å². The number of hydrogen-bond acceptors (Lipinski definition) is 9. The lowest BCUT2D eigenvalue weighted by atomic mass is 10.2. The van der Waals surface area contributed by atoms with Gasteiger partial charge in [-0.1, -0.05) is 23.5 Å². The summed E-state index contributed by atoms with van der Waals surface area (Å²) >= 11 is 0.675. The second-order valence-electron chi connectivity index (χ2n) is 6.61. The predicted molar refractivity (Wildman–Crippen MR) is 124 cm³/mol. The smallest absolute Gasteiger partial charge is 0.251 e. The lowest BCUT2D eigenvalue weighted by Crippen LogP contribution is -2.20. The monoisotopic (exact) mass is 496 g/mol. The molecule has 0 aliphatic rings. The largest absolute Gasteiger partial charge is 0.497 e. The van der Waals surface area contributed by atoms with Gasteiger partial charge in [-0.05, 0) is 35.9 Å². The molecule has 0 bridgehead atoms. The van der Waals surface area contributed by atoms with Crippen LogP contribution in [0.4, 0.5) is 0 Å². The molecular formula is C21H20O8S3. The maximum Gasteiger partial charge on any atom is 0.251 e.